The van der Waals surface area contributed by atoms with E-state index in [1.807, 2.05) is 20.8 Å². The Labute approximate surface area is 104 Å². The summed E-state index contributed by atoms with van der Waals surface area (Å²) in [4.78, 5) is 13.5. The molecular weight excluding hydrogens is 218 g/mol. The predicted molar refractivity (Wildman–Crippen MR) is 66.8 cm³/mol. The maximum atomic E-state index is 11.9. The number of carbonyl (C=O) groups is 1. The van der Waals surface area contributed by atoms with Gasteiger partial charge in [-0.25, -0.2) is 4.79 Å². The molecule has 1 aliphatic rings. The number of likely N-dealkylation sites (tertiary alicyclic amines) is 1. The molecule has 0 bridgehead atoms. The lowest BCUT2D eigenvalue weighted by atomic mass is 9.89. The number of aliphatic hydroxyl groups excluding tert-OH is 1. The lowest BCUT2D eigenvalue weighted by Gasteiger charge is -2.24. The number of rotatable bonds is 2. The summed E-state index contributed by atoms with van der Waals surface area (Å²) in [5.74, 6) is 0.602. The molecule has 1 unspecified atom stereocenters. The highest BCUT2D eigenvalue weighted by Crippen LogP contribution is 2.27. The van der Waals surface area contributed by atoms with Crippen LogP contribution in [0, 0.1) is 11.8 Å². The molecule has 1 N–H and O–H groups in total. The van der Waals surface area contributed by atoms with Gasteiger partial charge in [0.25, 0.3) is 0 Å². The zero-order chi connectivity index (χ0) is 13.2. The number of nitrogens with zero attached hydrogens (tertiary/aromatic N) is 1. The van der Waals surface area contributed by atoms with E-state index in [4.69, 9.17) is 4.74 Å². The molecule has 1 fully saturated rings. The van der Waals surface area contributed by atoms with E-state index in [0.29, 0.717) is 19.0 Å². The molecule has 0 aromatic rings. The van der Waals surface area contributed by atoms with Crippen LogP contribution in [-0.4, -0.2) is 40.9 Å². The molecule has 0 aromatic heterocycles. The van der Waals surface area contributed by atoms with E-state index >= 15 is 0 Å². The van der Waals surface area contributed by atoms with Crippen LogP contribution in [0.25, 0.3) is 0 Å². The summed E-state index contributed by atoms with van der Waals surface area (Å²) in [5.41, 5.74) is -0.476. The van der Waals surface area contributed by atoms with Gasteiger partial charge >= 0.3 is 6.09 Å². The maximum absolute atomic E-state index is 11.9. The van der Waals surface area contributed by atoms with Gasteiger partial charge in [0, 0.05) is 12.5 Å². The van der Waals surface area contributed by atoms with Gasteiger partial charge in [0.05, 0.1) is 12.6 Å². The van der Waals surface area contributed by atoms with Gasteiger partial charge < -0.3 is 14.7 Å². The quantitative estimate of drug-likeness (QED) is 0.809. The Morgan fingerprint density at radius 3 is 2.53 bits per heavy atom. The van der Waals surface area contributed by atoms with Crippen molar-refractivity contribution in [1.82, 2.24) is 4.90 Å². The smallest absolute Gasteiger partial charge is 0.410 e. The first kappa shape index (κ1) is 14.3. The molecule has 0 radical (unpaired) electrons. The molecule has 1 amide bonds. The fourth-order valence-electron chi connectivity index (χ4n) is 2.15. The number of β-amino-alcohol motifs (C(OH)–C–C–N with tert-alkyl or cyclic N) is 1. The highest BCUT2D eigenvalue weighted by molar-refractivity contribution is 5.68. The van der Waals surface area contributed by atoms with E-state index in [1.54, 1.807) is 4.90 Å². The summed E-state index contributed by atoms with van der Waals surface area (Å²) in [6.45, 7) is 10.8. The minimum absolute atomic E-state index is 0.174. The molecule has 1 heterocycles. The summed E-state index contributed by atoms with van der Waals surface area (Å²) in [6.07, 6.45) is 0.281. The SMILES string of the molecule is CCC(C)[C@@H]1CN(C(=O)OC(C)(C)C)C[C@H]1O. The monoisotopic (exact) mass is 243 g/mol. The van der Waals surface area contributed by atoms with Crippen LogP contribution in [0.15, 0.2) is 0 Å². The van der Waals surface area contributed by atoms with Crippen molar-refractivity contribution in [3.05, 3.63) is 0 Å². The van der Waals surface area contributed by atoms with E-state index in [0.717, 1.165) is 6.42 Å². The number of aliphatic hydroxyl groups is 1. The zero-order valence-electron chi connectivity index (χ0n) is 11.6. The molecule has 1 aliphatic heterocycles. The third-order valence-corrected chi connectivity index (χ3v) is 3.36. The number of carbonyl (C=O) groups excluding carboxylic acids is 1. The summed E-state index contributed by atoms with van der Waals surface area (Å²) < 4.78 is 5.31. The summed E-state index contributed by atoms with van der Waals surface area (Å²) in [5, 5.41) is 9.96. The molecule has 100 valence electrons. The largest absolute Gasteiger partial charge is 0.444 e. The van der Waals surface area contributed by atoms with E-state index in [9.17, 15) is 9.90 Å². The van der Waals surface area contributed by atoms with E-state index < -0.39 is 11.7 Å². The standard InChI is InChI=1S/C13H25NO3/c1-6-9(2)10-7-14(8-11(10)15)12(16)17-13(3,4)5/h9-11,15H,6-8H2,1-5H3/t9?,10-,11+/m0/s1. The van der Waals surface area contributed by atoms with Gasteiger partial charge in [0.15, 0.2) is 0 Å². The van der Waals surface area contributed by atoms with Crippen molar-refractivity contribution in [2.45, 2.75) is 52.7 Å². The van der Waals surface area contributed by atoms with Gasteiger partial charge in [-0.3, -0.25) is 0 Å². The average molecular weight is 243 g/mol. The Morgan fingerprint density at radius 1 is 1.47 bits per heavy atom. The van der Waals surface area contributed by atoms with Crippen molar-refractivity contribution >= 4 is 6.09 Å². The second kappa shape index (κ2) is 5.25. The fourth-order valence-corrected chi connectivity index (χ4v) is 2.15. The van der Waals surface area contributed by atoms with Crippen LogP contribution in [0.4, 0.5) is 4.79 Å². The molecule has 3 atom stereocenters. The molecular formula is C13H25NO3. The lowest BCUT2D eigenvalue weighted by molar-refractivity contribution is 0.0269. The topological polar surface area (TPSA) is 49.8 Å². The van der Waals surface area contributed by atoms with Crippen LogP contribution in [-0.2, 0) is 4.74 Å². The van der Waals surface area contributed by atoms with Crippen molar-refractivity contribution in [2.24, 2.45) is 11.8 Å². The highest BCUT2D eigenvalue weighted by atomic mass is 16.6. The van der Waals surface area contributed by atoms with E-state index in [2.05, 4.69) is 13.8 Å². The molecule has 0 saturated carbocycles. The Balaban J connectivity index is 2.57. The molecule has 1 saturated heterocycles. The van der Waals surface area contributed by atoms with Crippen molar-refractivity contribution in [1.29, 1.82) is 0 Å². The minimum Gasteiger partial charge on any atom is -0.444 e. The first-order chi connectivity index (χ1) is 7.74. The van der Waals surface area contributed by atoms with Crippen LogP contribution in [0.2, 0.25) is 0 Å². The summed E-state index contributed by atoms with van der Waals surface area (Å²) in [7, 11) is 0. The van der Waals surface area contributed by atoms with Gasteiger partial charge in [-0.2, -0.15) is 0 Å². The van der Waals surface area contributed by atoms with Gasteiger partial charge in [0.1, 0.15) is 5.60 Å². The van der Waals surface area contributed by atoms with Crippen molar-refractivity contribution in [3.8, 4) is 0 Å². The molecule has 1 rings (SSSR count). The summed E-state index contributed by atoms with van der Waals surface area (Å²) >= 11 is 0. The summed E-state index contributed by atoms with van der Waals surface area (Å²) in [6, 6.07) is 0. The van der Waals surface area contributed by atoms with Crippen LogP contribution < -0.4 is 0 Å². The van der Waals surface area contributed by atoms with Crippen LogP contribution in [0.3, 0.4) is 0 Å². The van der Waals surface area contributed by atoms with Gasteiger partial charge in [-0.05, 0) is 26.7 Å². The molecule has 4 heteroatoms. The number of ether oxygens (including phenoxy) is 1. The first-order valence-corrected chi connectivity index (χ1v) is 6.40. The first-order valence-electron chi connectivity index (χ1n) is 6.40. The number of amides is 1. The zero-order valence-corrected chi connectivity index (χ0v) is 11.6. The Kier molecular flexibility index (Phi) is 4.42. The van der Waals surface area contributed by atoms with Crippen molar-refractivity contribution in [2.75, 3.05) is 13.1 Å². The van der Waals surface area contributed by atoms with Crippen molar-refractivity contribution in [3.63, 3.8) is 0 Å². The maximum Gasteiger partial charge on any atom is 0.410 e. The third kappa shape index (κ3) is 3.87. The molecule has 0 aliphatic carbocycles. The second-order valence-electron chi connectivity index (χ2n) is 6.00. The van der Waals surface area contributed by atoms with Crippen LogP contribution in [0.1, 0.15) is 41.0 Å². The lowest BCUT2D eigenvalue weighted by Crippen LogP contribution is -2.36. The number of hydrogen-bond donors (Lipinski definition) is 1. The third-order valence-electron chi connectivity index (χ3n) is 3.36. The van der Waals surface area contributed by atoms with Crippen molar-refractivity contribution < 1.29 is 14.6 Å². The Morgan fingerprint density at radius 2 is 2.06 bits per heavy atom. The minimum atomic E-state index is -0.476. The molecule has 4 nitrogen and oxygen atoms in total. The van der Waals surface area contributed by atoms with E-state index in [-0.39, 0.29) is 12.0 Å². The molecule has 0 aromatic carbocycles. The number of hydrogen-bond acceptors (Lipinski definition) is 3. The fraction of sp³-hybridized carbons (Fsp3) is 0.923. The molecule has 0 spiro atoms. The molecule has 17 heavy (non-hydrogen) atoms. The second-order valence-corrected chi connectivity index (χ2v) is 6.00. The predicted octanol–water partition coefficient (Wildman–Crippen LogP) is 2.26. The normalized spacial score (nSPS) is 27.1. The van der Waals surface area contributed by atoms with Gasteiger partial charge in [-0.1, -0.05) is 20.3 Å². The Hall–Kier alpha value is -0.770. The average Bonchev–Trinajstić information content (AvgIpc) is 2.57. The van der Waals surface area contributed by atoms with E-state index in [1.165, 1.54) is 0 Å². The van der Waals surface area contributed by atoms with Gasteiger partial charge in [-0.15, -0.1) is 0 Å². The highest BCUT2D eigenvalue weighted by Gasteiger charge is 2.38. The van der Waals surface area contributed by atoms with Crippen LogP contribution >= 0.6 is 0 Å². The Bertz CT molecular complexity index is 272. The van der Waals surface area contributed by atoms with Gasteiger partial charge in [0.2, 0.25) is 0 Å². The van der Waals surface area contributed by atoms with Crippen LogP contribution in [0.5, 0.6) is 0 Å².